The maximum absolute atomic E-state index is 12.6. The third-order valence-corrected chi connectivity index (χ3v) is 11.8. The third kappa shape index (κ3) is 3.97. The van der Waals surface area contributed by atoms with Crippen LogP contribution in [0.25, 0.3) is 0 Å². The number of anilines is 1. The van der Waals surface area contributed by atoms with Crippen LogP contribution >= 0.6 is 15.2 Å². The van der Waals surface area contributed by atoms with Crippen LogP contribution in [-0.4, -0.2) is 50.8 Å². The maximum atomic E-state index is 12.6. The first-order valence-corrected chi connectivity index (χ1v) is 13.4. The molecule has 1 saturated carbocycles. The zero-order valence-corrected chi connectivity index (χ0v) is 17.7. The van der Waals surface area contributed by atoms with Crippen molar-refractivity contribution < 1.29 is 38.6 Å². The summed E-state index contributed by atoms with van der Waals surface area (Å²) in [6.45, 7) is 0. The summed E-state index contributed by atoms with van der Waals surface area (Å²) in [5, 5.41) is 6.53. The van der Waals surface area contributed by atoms with Crippen LogP contribution in [-0.2, 0) is 20.3 Å². The van der Waals surface area contributed by atoms with Gasteiger partial charge in [-0.2, -0.15) is 0 Å². The van der Waals surface area contributed by atoms with Crippen LogP contribution in [0.15, 0.2) is 24.3 Å². The van der Waals surface area contributed by atoms with Gasteiger partial charge in [-0.3, -0.25) is 0 Å². The van der Waals surface area contributed by atoms with E-state index in [-0.39, 0.29) is 32.6 Å². The van der Waals surface area contributed by atoms with Crippen LogP contribution in [0.1, 0.15) is 31.2 Å². The number of amides is 1. The Kier molecular flexibility index (Phi) is 5.79. The molecule has 1 amide bonds. The van der Waals surface area contributed by atoms with Gasteiger partial charge in [-0.1, -0.05) is 0 Å². The van der Waals surface area contributed by atoms with Gasteiger partial charge in [-0.25, -0.2) is 0 Å². The molecule has 2 fully saturated rings. The molecule has 27 heavy (non-hydrogen) atoms. The number of benzene rings is 1. The van der Waals surface area contributed by atoms with Crippen molar-refractivity contribution in [3.8, 4) is 0 Å². The second kappa shape index (κ2) is 7.38. The summed E-state index contributed by atoms with van der Waals surface area (Å²) in [5.41, 5.74) is 0.790. The molecule has 1 saturated heterocycles. The molecule has 3 rings (SSSR count). The second-order valence-electron chi connectivity index (χ2n) is 6.87. The van der Waals surface area contributed by atoms with Gasteiger partial charge < -0.3 is 0 Å². The van der Waals surface area contributed by atoms with Crippen molar-refractivity contribution in [3.05, 3.63) is 29.8 Å². The Balaban J connectivity index is 1.81. The van der Waals surface area contributed by atoms with E-state index in [0.717, 1.165) is 25.7 Å². The summed E-state index contributed by atoms with van der Waals surface area (Å²) in [6.07, 6.45) is 3.22. The Bertz CT molecular complexity index is 798. The van der Waals surface area contributed by atoms with E-state index in [2.05, 4.69) is 0 Å². The summed E-state index contributed by atoms with van der Waals surface area (Å²) < 4.78 is 24.7. The van der Waals surface area contributed by atoms with E-state index in [0.29, 0.717) is 10.5 Å². The van der Waals surface area contributed by atoms with Crippen LogP contribution in [0.4, 0.5) is 5.69 Å². The van der Waals surface area contributed by atoms with Gasteiger partial charge in [0.1, 0.15) is 0 Å². The van der Waals surface area contributed by atoms with Crippen LogP contribution in [0, 0.1) is 5.92 Å². The standard InChI is InChI=1S/C15H21NO8P2Se/c17-14-12-3-1-2-4-13(12)27-16(14)11-7-5-10(6-8-11)9-15(18,25(19,20)21)26(22,23)24/h5-8,12-13,18H,1-4,9H2,(H2,19,20,21)(H2,22,23,24). The summed E-state index contributed by atoms with van der Waals surface area (Å²) >= 11 is -0.0117. The molecule has 0 bridgehead atoms. The first kappa shape index (κ1) is 21.2. The van der Waals surface area contributed by atoms with E-state index >= 15 is 0 Å². The van der Waals surface area contributed by atoms with Crippen LogP contribution in [0.5, 0.6) is 0 Å². The van der Waals surface area contributed by atoms with Gasteiger partial charge in [0.05, 0.1) is 0 Å². The van der Waals surface area contributed by atoms with E-state index in [4.69, 9.17) is 0 Å². The SMILES string of the molecule is O=C1C2CCCCC2[Se]N1c1ccc(CC(O)(P(=O)(O)O)P(=O)(O)O)cc1. The quantitative estimate of drug-likeness (QED) is 0.308. The molecule has 1 heterocycles. The average Bonchev–Trinajstić information content (AvgIpc) is 2.91. The average molecular weight is 484 g/mol. The molecule has 1 aromatic carbocycles. The number of carbonyl (C=O) groups excluding carboxylic acids is 1. The molecular formula is C15H21NO8P2Se. The van der Waals surface area contributed by atoms with E-state index in [1.165, 1.54) is 12.1 Å². The van der Waals surface area contributed by atoms with Crippen LogP contribution < -0.4 is 3.92 Å². The molecular weight excluding hydrogens is 463 g/mol. The van der Waals surface area contributed by atoms with Gasteiger partial charge in [-0.15, -0.1) is 0 Å². The molecule has 2 unspecified atom stereocenters. The Morgan fingerprint density at radius 3 is 2.11 bits per heavy atom. The van der Waals surface area contributed by atoms with Crippen molar-refractivity contribution in [3.63, 3.8) is 0 Å². The van der Waals surface area contributed by atoms with Crippen molar-refractivity contribution in [2.45, 2.75) is 42.0 Å². The Morgan fingerprint density at radius 1 is 1.04 bits per heavy atom. The fourth-order valence-corrected chi connectivity index (χ4v) is 8.55. The summed E-state index contributed by atoms with van der Waals surface area (Å²) in [5.74, 6) is 0.155. The van der Waals surface area contributed by atoms with Crippen molar-refractivity contribution in [2.24, 2.45) is 5.92 Å². The number of fused-ring (bicyclic) bond motifs is 1. The fraction of sp³-hybridized carbons (Fsp3) is 0.533. The monoisotopic (exact) mass is 485 g/mol. The molecule has 9 nitrogen and oxygen atoms in total. The molecule has 1 aliphatic heterocycles. The van der Waals surface area contributed by atoms with Gasteiger partial charge in [0.2, 0.25) is 0 Å². The molecule has 150 valence electrons. The summed E-state index contributed by atoms with van der Waals surface area (Å²) in [7, 11) is -11.0. The third-order valence-electron chi connectivity index (χ3n) is 5.01. The molecule has 0 radical (unpaired) electrons. The summed E-state index contributed by atoms with van der Waals surface area (Å²) in [6, 6.07) is 5.98. The van der Waals surface area contributed by atoms with Crippen molar-refractivity contribution >= 4 is 42.0 Å². The predicted octanol–water partition coefficient (Wildman–Crippen LogP) is 1.18. The van der Waals surface area contributed by atoms with E-state index in [1.54, 1.807) is 16.0 Å². The van der Waals surface area contributed by atoms with Crippen molar-refractivity contribution in [1.82, 2.24) is 0 Å². The van der Waals surface area contributed by atoms with Gasteiger partial charge >= 0.3 is 162 Å². The minimum absolute atomic E-state index is 0.0117. The molecule has 0 spiro atoms. The molecule has 0 aromatic heterocycles. The number of hydrogen-bond donors (Lipinski definition) is 5. The van der Waals surface area contributed by atoms with Gasteiger partial charge in [0, 0.05) is 0 Å². The number of aliphatic hydroxyl groups is 1. The van der Waals surface area contributed by atoms with Crippen LogP contribution in [0.2, 0.25) is 4.82 Å². The minimum atomic E-state index is -5.50. The zero-order valence-electron chi connectivity index (χ0n) is 14.2. The second-order valence-corrected chi connectivity index (χ2v) is 13.4. The van der Waals surface area contributed by atoms with Crippen molar-refractivity contribution in [1.29, 1.82) is 0 Å². The van der Waals surface area contributed by atoms with E-state index < -0.39 is 26.7 Å². The number of nitrogens with zero attached hydrogens (tertiary/aromatic N) is 1. The molecule has 1 aromatic rings. The zero-order chi connectivity index (χ0) is 20.0. The first-order valence-electron chi connectivity index (χ1n) is 8.37. The van der Waals surface area contributed by atoms with Crippen molar-refractivity contribution in [2.75, 3.05) is 3.92 Å². The topological polar surface area (TPSA) is 156 Å². The molecule has 2 aliphatic rings. The molecule has 12 heteroatoms. The van der Waals surface area contributed by atoms with Gasteiger partial charge in [0.15, 0.2) is 0 Å². The first-order chi connectivity index (χ1) is 12.4. The Labute approximate surface area is 162 Å². The predicted molar refractivity (Wildman–Crippen MR) is 98.1 cm³/mol. The fourth-order valence-electron chi connectivity index (χ4n) is 3.43. The van der Waals surface area contributed by atoms with Gasteiger partial charge in [-0.05, 0) is 0 Å². The van der Waals surface area contributed by atoms with E-state index in [9.17, 15) is 38.6 Å². The van der Waals surface area contributed by atoms with E-state index in [1.807, 2.05) is 0 Å². The number of hydrogen-bond acceptors (Lipinski definition) is 4. The Morgan fingerprint density at radius 2 is 1.59 bits per heavy atom. The molecule has 2 atom stereocenters. The molecule has 1 aliphatic carbocycles. The number of rotatable bonds is 5. The number of carbonyl (C=O) groups is 1. The Hall–Kier alpha value is -0.531. The molecule has 5 N–H and O–H groups in total. The normalized spacial score (nSPS) is 24.2. The van der Waals surface area contributed by atoms with Crippen LogP contribution in [0.3, 0.4) is 0 Å². The summed E-state index contributed by atoms with van der Waals surface area (Å²) in [4.78, 5) is 49.9. The van der Waals surface area contributed by atoms with Gasteiger partial charge in [0.25, 0.3) is 0 Å².